The summed E-state index contributed by atoms with van der Waals surface area (Å²) in [6.07, 6.45) is -2.94. The Balaban J connectivity index is 1.56. The molecule has 1 amide bonds. The number of anilines is 1. The summed E-state index contributed by atoms with van der Waals surface area (Å²) in [4.78, 5) is 12.7. The Labute approximate surface area is 172 Å². The molecule has 0 bridgehead atoms. The van der Waals surface area contributed by atoms with Gasteiger partial charge in [0.05, 0.1) is 11.8 Å². The topological polar surface area (TPSA) is 46.9 Å². The lowest BCUT2D eigenvalue weighted by Gasteiger charge is -2.24. The molecule has 0 aliphatic carbocycles. The number of benzene rings is 2. The van der Waals surface area contributed by atoms with Crippen LogP contribution in [0.15, 0.2) is 42.6 Å². The minimum Gasteiger partial charge on any atom is -0.326 e. The highest BCUT2D eigenvalue weighted by molar-refractivity contribution is 5.93. The van der Waals surface area contributed by atoms with E-state index in [2.05, 4.69) is 10.4 Å². The Hall–Kier alpha value is -3.30. The van der Waals surface area contributed by atoms with Gasteiger partial charge in [-0.15, -0.1) is 0 Å². The largest absolute Gasteiger partial charge is 0.419 e. The second-order valence-corrected chi connectivity index (χ2v) is 7.22. The highest BCUT2D eigenvalue weighted by atomic mass is 19.4. The predicted octanol–water partition coefficient (Wildman–Crippen LogP) is 5.19. The van der Waals surface area contributed by atoms with Gasteiger partial charge in [-0.3, -0.25) is 9.48 Å². The van der Waals surface area contributed by atoms with E-state index in [0.29, 0.717) is 36.4 Å². The van der Waals surface area contributed by atoms with Crippen LogP contribution in [0.2, 0.25) is 0 Å². The van der Waals surface area contributed by atoms with Gasteiger partial charge in [-0.25, -0.2) is 13.2 Å². The van der Waals surface area contributed by atoms with Gasteiger partial charge in [-0.2, -0.15) is 18.3 Å². The summed E-state index contributed by atoms with van der Waals surface area (Å²) in [7, 11) is 0. The minimum atomic E-state index is -4.89. The number of rotatable bonds is 3. The first kappa shape index (κ1) is 21.0. The van der Waals surface area contributed by atoms with Gasteiger partial charge in [-0.1, -0.05) is 0 Å². The number of carbonyl (C=O) groups is 1. The van der Waals surface area contributed by atoms with Crippen LogP contribution in [0.3, 0.4) is 0 Å². The Kier molecular flexibility index (Phi) is 5.24. The monoisotopic (exact) mass is 439 g/mol. The van der Waals surface area contributed by atoms with Crippen molar-refractivity contribution in [2.24, 2.45) is 5.92 Å². The smallest absolute Gasteiger partial charge is 0.326 e. The van der Waals surface area contributed by atoms with Crippen LogP contribution < -0.4 is 5.32 Å². The lowest BCUT2D eigenvalue weighted by molar-refractivity contribution is -0.140. The number of nitrogens with zero attached hydrogens (tertiary/aromatic N) is 2. The van der Waals surface area contributed by atoms with E-state index in [9.17, 15) is 31.1 Å². The number of nitrogens with one attached hydrogen (secondary N) is 1. The minimum absolute atomic E-state index is 0.136. The van der Waals surface area contributed by atoms with Crippen LogP contribution in [0.25, 0.3) is 11.1 Å². The molecule has 10 heteroatoms. The summed E-state index contributed by atoms with van der Waals surface area (Å²) < 4.78 is 81.2. The summed E-state index contributed by atoms with van der Waals surface area (Å²) in [5.41, 5.74) is -0.538. The molecule has 0 spiro atoms. The highest BCUT2D eigenvalue weighted by Crippen LogP contribution is 2.34. The van der Waals surface area contributed by atoms with Crippen molar-refractivity contribution >= 4 is 11.6 Å². The molecule has 162 valence electrons. The maximum Gasteiger partial charge on any atom is 0.419 e. The van der Waals surface area contributed by atoms with Crippen LogP contribution in [0, 0.1) is 23.4 Å². The van der Waals surface area contributed by atoms with Gasteiger partial charge in [0.1, 0.15) is 17.5 Å². The lowest BCUT2D eigenvalue weighted by atomic mass is 9.91. The first-order chi connectivity index (χ1) is 14.6. The number of hydrogen-bond donors (Lipinski definition) is 1. The molecule has 2 heterocycles. The summed E-state index contributed by atoms with van der Waals surface area (Å²) >= 11 is 0. The van der Waals surface area contributed by atoms with Crippen LogP contribution in [-0.4, -0.2) is 15.7 Å². The van der Waals surface area contributed by atoms with Crippen molar-refractivity contribution < 1.29 is 31.1 Å². The van der Waals surface area contributed by atoms with Crippen molar-refractivity contribution in [1.82, 2.24) is 9.78 Å². The van der Waals surface area contributed by atoms with Gasteiger partial charge in [-0.05, 0) is 36.8 Å². The molecular weight excluding hydrogens is 424 g/mol. The number of aromatic nitrogens is 2. The fourth-order valence-electron chi connectivity index (χ4n) is 3.65. The van der Waals surface area contributed by atoms with Crippen molar-refractivity contribution in [2.75, 3.05) is 5.32 Å². The standard InChI is InChI=1S/C21H15F6N3O/c22-12-1-3-14(18(24)8-12)15-10-28-30-6-5-11(7-19(15)30)20(31)29-13-2-4-17(23)16(9-13)21(25,26)27/h1-4,8-11H,5-7H2,(H,29,31). The summed E-state index contributed by atoms with van der Waals surface area (Å²) in [6.45, 7) is 0.341. The third-order valence-electron chi connectivity index (χ3n) is 5.21. The molecule has 0 fully saturated rings. The zero-order valence-corrected chi connectivity index (χ0v) is 15.8. The first-order valence-electron chi connectivity index (χ1n) is 9.31. The average molecular weight is 439 g/mol. The van der Waals surface area contributed by atoms with Crippen LogP contribution in [0.4, 0.5) is 32.0 Å². The quantitative estimate of drug-likeness (QED) is 0.572. The summed E-state index contributed by atoms with van der Waals surface area (Å²) in [5, 5.41) is 6.57. The van der Waals surface area contributed by atoms with Crippen molar-refractivity contribution in [1.29, 1.82) is 0 Å². The van der Waals surface area contributed by atoms with Crippen molar-refractivity contribution in [3.05, 3.63) is 71.3 Å². The van der Waals surface area contributed by atoms with Gasteiger partial charge >= 0.3 is 6.18 Å². The van der Waals surface area contributed by atoms with Crippen molar-refractivity contribution in [3.63, 3.8) is 0 Å². The Morgan fingerprint density at radius 1 is 1.03 bits per heavy atom. The zero-order chi connectivity index (χ0) is 22.3. The lowest BCUT2D eigenvalue weighted by Crippen LogP contribution is -2.30. The van der Waals surface area contributed by atoms with Crippen LogP contribution >= 0.6 is 0 Å². The Morgan fingerprint density at radius 2 is 1.81 bits per heavy atom. The zero-order valence-electron chi connectivity index (χ0n) is 15.8. The third-order valence-corrected chi connectivity index (χ3v) is 5.21. The molecule has 0 saturated carbocycles. The molecule has 3 aromatic rings. The SMILES string of the molecule is O=C(Nc1ccc(F)c(C(F)(F)F)c1)C1CCn2ncc(-c3ccc(F)cc3F)c2C1. The fraction of sp³-hybridized carbons (Fsp3) is 0.238. The van der Waals surface area contributed by atoms with E-state index in [1.165, 1.54) is 12.3 Å². The van der Waals surface area contributed by atoms with E-state index >= 15 is 0 Å². The summed E-state index contributed by atoms with van der Waals surface area (Å²) in [6, 6.07) is 5.38. The van der Waals surface area contributed by atoms with Crippen LogP contribution in [0.5, 0.6) is 0 Å². The number of amides is 1. The number of alkyl halides is 3. The maximum absolute atomic E-state index is 14.2. The molecule has 1 aromatic heterocycles. The predicted molar refractivity (Wildman–Crippen MR) is 99.4 cm³/mol. The van der Waals surface area contributed by atoms with Gasteiger partial charge < -0.3 is 5.32 Å². The molecule has 1 unspecified atom stereocenters. The van der Waals surface area contributed by atoms with E-state index < -0.39 is 41.0 Å². The van der Waals surface area contributed by atoms with Crippen molar-refractivity contribution in [2.45, 2.75) is 25.6 Å². The van der Waals surface area contributed by atoms with Gasteiger partial charge in [0.15, 0.2) is 0 Å². The first-order valence-corrected chi connectivity index (χ1v) is 9.31. The Bertz CT molecular complexity index is 1150. The van der Waals surface area contributed by atoms with Gasteiger partial charge in [0.2, 0.25) is 5.91 Å². The number of halogens is 6. The van der Waals surface area contributed by atoms with E-state index in [-0.39, 0.29) is 17.7 Å². The molecule has 1 aliphatic heterocycles. The normalized spacial score (nSPS) is 16.1. The fourth-order valence-corrected chi connectivity index (χ4v) is 3.65. The van der Waals surface area contributed by atoms with E-state index in [1.807, 2.05) is 0 Å². The highest BCUT2D eigenvalue weighted by Gasteiger charge is 2.35. The van der Waals surface area contributed by atoms with Crippen LogP contribution in [-0.2, 0) is 23.9 Å². The molecule has 0 radical (unpaired) electrons. The van der Waals surface area contributed by atoms with E-state index in [1.54, 1.807) is 4.68 Å². The van der Waals surface area contributed by atoms with E-state index in [0.717, 1.165) is 18.2 Å². The molecule has 31 heavy (non-hydrogen) atoms. The molecule has 4 nitrogen and oxygen atoms in total. The number of fused-ring (bicyclic) bond motifs is 1. The Morgan fingerprint density at radius 3 is 2.52 bits per heavy atom. The average Bonchev–Trinajstić information content (AvgIpc) is 3.11. The molecule has 1 atom stereocenters. The number of hydrogen-bond acceptors (Lipinski definition) is 2. The molecule has 0 saturated heterocycles. The van der Waals surface area contributed by atoms with Crippen LogP contribution in [0.1, 0.15) is 17.7 Å². The van der Waals surface area contributed by atoms with Crippen molar-refractivity contribution in [3.8, 4) is 11.1 Å². The molecule has 4 rings (SSSR count). The number of carbonyl (C=O) groups excluding carboxylic acids is 1. The van der Waals surface area contributed by atoms with Gasteiger partial charge in [0, 0.05) is 47.5 Å². The number of aryl methyl sites for hydroxylation is 1. The molecule has 1 aliphatic rings. The summed E-state index contributed by atoms with van der Waals surface area (Å²) in [5.74, 6) is -4.09. The third kappa shape index (κ3) is 4.14. The maximum atomic E-state index is 14.2. The second-order valence-electron chi connectivity index (χ2n) is 7.22. The molecular formula is C21H15F6N3O. The molecule has 1 N–H and O–H groups in total. The second kappa shape index (κ2) is 7.75. The van der Waals surface area contributed by atoms with Gasteiger partial charge in [0.25, 0.3) is 0 Å². The molecule has 2 aromatic carbocycles. The van der Waals surface area contributed by atoms with E-state index in [4.69, 9.17) is 0 Å².